The molecule has 0 radical (unpaired) electrons. The van der Waals surface area contributed by atoms with Crippen LogP contribution in [0.1, 0.15) is 24.6 Å². The summed E-state index contributed by atoms with van der Waals surface area (Å²) in [6.07, 6.45) is 2.30. The van der Waals surface area contributed by atoms with Gasteiger partial charge in [-0.1, -0.05) is 13.3 Å². The Bertz CT molecular complexity index is 706. The molecule has 0 saturated carbocycles. The Morgan fingerprint density at radius 1 is 1.14 bits per heavy atom. The minimum Gasteiger partial charge on any atom is -0.375 e. The lowest BCUT2D eigenvalue weighted by Gasteiger charge is -2.19. The number of thiophene rings is 1. The number of hydrogen-bond acceptors (Lipinski definition) is 4. The molecule has 1 aromatic heterocycles. The number of hydrogen-bond donors (Lipinski definition) is 1. The quantitative estimate of drug-likeness (QED) is 0.827. The smallest absolute Gasteiger partial charge is 0.271 e. The largest absolute Gasteiger partial charge is 0.375 e. The lowest BCUT2D eigenvalue weighted by atomic mass is 10.2. The second-order valence-electron chi connectivity index (χ2n) is 5.29. The molecule has 0 atom stereocenters. The zero-order valence-electron chi connectivity index (χ0n) is 13.2. The first-order valence-electron chi connectivity index (χ1n) is 7.33. The van der Waals surface area contributed by atoms with Crippen LogP contribution in [0, 0.1) is 6.92 Å². The molecular formula is C16H22N2O2S2. The molecule has 1 aromatic carbocycles. The predicted octanol–water partition coefficient (Wildman–Crippen LogP) is 4.09. The highest BCUT2D eigenvalue weighted by atomic mass is 32.2. The third-order valence-corrected chi connectivity index (χ3v) is 6.26. The molecule has 0 unspecified atom stereocenters. The highest BCUT2D eigenvalue weighted by Gasteiger charge is 2.16. The topological polar surface area (TPSA) is 49.4 Å². The minimum absolute atomic E-state index is 0.342. The van der Waals surface area contributed by atoms with Crippen LogP contribution < -0.4 is 9.62 Å². The van der Waals surface area contributed by atoms with Crippen molar-refractivity contribution in [1.82, 2.24) is 0 Å². The van der Waals surface area contributed by atoms with Crippen LogP contribution in [0.2, 0.25) is 0 Å². The zero-order chi connectivity index (χ0) is 16.2. The number of rotatable bonds is 7. The van der Waals surface area contributed by atoms with Gasteiger partial charge in [0.2, 0.25) is 0 Å². The Balaban J connectivity index is 2.08. The maximum Gasteiger partial charge on any atom is 0.271 e. The predicted molar refractivity (Wildman–Crippen MR) is 94.5 cm³/mol. The summed E-state index contributed by atoms with van der Waals surface area (Å²) >= 11 is 1.27. The van der Waals surface area contributed by atoms with E-state index in [-0.39, 0.29) is 0 Å². The number of anilines is 2. The maximum atomic E-state index is 12.3. The van der Waals surface area contributed by atoms with E-state index in [1.54, 1.807) is 18.2 Å². The van der Waals surface area contributed by atoms with E-state index < -0.39 is 10.0 Å². The van der Waals surface area contributed by atoms with Crippen molar-refractivity contribution >= 4 is 32.7 Å². The molecular weight excluding hydrogens is 316 g/mol. The van der Waals surface area contributed by atoms with Gasteiger partial charge in [0.25, 0.3) is 10.0 Å². The highest BCUT2D eigenvalue weighted by Crippen LogP contribution is 2.24. The number of sulfonamides is 1. The van der Waals surface area contributed by atoms with Gasteiger partial charge >= 0.3 is 0 Å². The average molecular weight is 338 g/mol. The minimum atomic E-state index is -3.48. The van der Waals surface area contributed by atoms with Crippen LogP contribution in [-0.4, -0.2) is 22.0 Å². The lowest BCUT2D eigenvalue weighted by molar-refractivity contribution is 0.603. The SMILES string of the molecule is CCCCN(C)c1ccc(NS(=O)(=O)c2ccc(C)s2)cc1. The molecule has 120 valence electrons. The standard InChI is InChI=1S/C16H22N2O2S2/c1-4-5-12-18(3)15-9-7-14(8-10-15)17-22(19,20)16-11-6-13(2)21-16/h6-11,17H,4-5,12H2,1-3H3. The monoisotopic (exact) mass is 338 g/mol. The molecule has 4 nitrogen and oxygen atoms in total. The number of nitrogens with one attached hydrogen (secondary N) is 1. The summed E-state index contributed by atoms with van der Waals surface area (Å²) < 4.78 is 27.5. The summed E-state index contributed by atoms with van der Waals surface area (Å²) in [7, 11) is -1.44. The van der Waals surface area contributed by atoms with Gasteiger partial charge in [-0.15, -0.1) is 11.3 Å². The van der Waals surface area contributed by atoms with Crippen molar-refractivity contribution in [3.8, 4) is 0 Å². The summed E-state index contributed by atoms with van der Waals surface area (Å²) in [5.41, 5.74) is 1.67. The third kappa shape index (κ3) is 4.24. The van der Waals surface area contributed by atoms with Gasteiger partial charge in [-0.05, 0) is 49.7 Å². The van der Waals surface area contributed by atoms with E-state index >= 15 is 0 Å². The summed E-state index contributed by atoms with van der Waals surface area (Å²) in [5, 5.41) is 0. The van der Waals surface area contributed by atoms with Crippen LogP contribution in [0.15, 0.2) is 40.6 Å². The molecule has 0 aliphatic carbocycles. The molecule has 0 saturated heterocycles. The van der Waals surface area contributed by atoms with Crippen molar-refractivity contribution in [2.45, 2.75) is 30.9 Å². The number of benzene rings is 1. The van der Waals surface area contributed by atoms with Gasteiger partial charge in [0.05, 0.1) is 0 Å². The van der Waals surface area contributed by atoms with Crippen LogP contribution in [0.4, 0.5) is 11.4 Å². The Kier molecular flexibility index (Phi) is 5.47. The van der Waals surface area contributed by atoms with Crippen LogP contribution in [0.5, 0.6) is 0 Å². The van der Waals surface area contributed by atoms with Gasteiger partial charge in [-0.2, -0.15) is 0 Å². The lowest BCUT2D eigenvalue weighted by Crippen LogP contribution is -2.18. The summed E-state index contributed by atoms with van der Waals surface area (Å²) in [6, 6.07) is 10.9. The van der Waals surface area contributed by atoms with E-state index in [0.717, 1.165) is 30.0 Å². The first-order chi connectivity index (χ1) is 10.4. The van der Waals surface area contributed by atoms with Crippen molar-refractivity contribution < 1.29 is 8.42 Å². The molecule has 0 spiro atoms. The third-order valence-electron chi connectivity index (χ3n) is 3.39. The van der Waals surface area contributed by atoms with Crippen LogP contribution >= 0.6 is 11.3 Å². The van der Waals surface area contributed by atoms with E-state index in [2.05, 4.69) is 16.5 Å². The molecule has 0 aliphatic heterocycles. The Morgan fingerprint density at radius 3 is 2.36 bits per heavy atom. The van der Waals surface area contributed by atoms with Crippen LogP contribution in [0.25, 0.3) is 0 Å². The Labute approximate surface area is 136 Å². The molecule has 22 heavy (non-hydrogen) atoms. The first-order valence-corrected chi connectivity index (χ1v) is 9.63. The van der Waals surface area contributed by atoms with Crippen molar-refractivity contribution in [2.75, 3.05) is 23.2 Å². The Morgan fingerprint density at radius 2 is 1.82 bits per heavy atom. The van der Waals surface area contributed by atoms with Gasteiger partial charge in [0.1, 0.15) is 4.21 Å². The van der Waals surface area contributed by atoms with Gasteiger partial charge < -0.3 is 4.90 Å². The molecule has 2 aromatic rings. The van der Waals surface area contributed by atoms with E-state index in [9.17, 15) is 8.42 Å². The fraction of sp³-hybridized carbons (Fsp3) is 0.375. The number of unbranched alkanes of at least 4 members (excludes halogenated alkanes) is 1. The van der Waals surface area contributed by atoms with Crippen molar-refractivity contribution in [1.29, 1.82) is 0 Å². The van der Waals surface area contributed by atoms with E-state index in [1.165, 1.54) is 11.3 Å². The van der Waals surface area contributed by atoms with Crippen molar-refractivity contribution in [2.24, 2.45) is 0 Å². The molecule has 1 heterocycles. The van der Waals surface area contributed by atoms with Crippen molar-refractivity contribution in [3.05, 3.63) is 41.3 Å². The number of nitrogens with zero attached hydrogens (tertiary/aromatic N) is 1. The van der Waals surface area contributed by atoms with E-state index in [0.29, 0.717) is 9.90 Å². The van der Waals surface area contributed by atoms with Crippen LogP contribution in [0.3, 0.4) is 0 Å². The average Bonchev–Trinajstić information content (AvgIpc) is 2.92. The normalized spacial score (nSPS) is 11.4. The van der Waals surface area contributed by atoms with Gasteiger partial charge in [-0.3, -0.25) is 4.72 Å². The van der Waals surface area contributed by atoms with Crippen molar-refractivity contribution in [3.63, 3.8) is 0 Å². The molecule has 0 bridgehead atoms. The summed E-state index contributed by atoms with van der Waals surface area (Å²) in [4.78, 5) is 3.15. The Hall–Kier alpha value is -1.53. The molecule has 1 N–H and O–H groups in total. The van der Waals surface area contributed by atoms with Crippen LogP contribution in [-0.2, 0) is 10.0 Å². The summed E-state index contributed by atoms with van der Waals surface area (Å²) in [5.74, 6) is 0. The second-order valence-corrected chi connectivity index (χ2v) is 8.49. The first kappa shape index (κ1) is 16.8. The number of aryl methyl sites for hydroxylation is 1. The maximum absolute atomic E-state index is 12.3. The van der Waals surface area contributed by atoms with E-state index in [4.69, 9.17) is 0 Å². The fourth-order valence-electron chi connectivity index (χ4n) is 2.07. The highest BCUT2D eigenvalue weighted by molar-refractivity contribution is 7.94. The van der Waals surface area contributed by atoms with Gasteiger partial charge in [0.15, 0.2) is 0 Å². The molecule has 0 fully saturated rings. The van der Waals surface area contributed by atoms with Gasteiger partial charge in [0, 0.05) is 29.8 Å². The molecule has 0 aliphatic rings. The second kappa shape index (κ2) is 7.15. The zero-order valence-corrected chi connectivity index (χ0v) is 14.8. The fourth-order valence-corrected chi connectivity index (χ4v) is 4.41. The van der Waals surface area contributed by atoms with E-state index in [1.807, 2.05) is 32.2 Å². The molecule has 6 heteroatoms. The van der Waals surface area contributed by atoms with Gasteiger partial charge in [-0.25, -0.2) is 8.42 Å². The molecule has 0 amide bonds. The summed E-state index contributed by atoms with van der Waals surface area (Å²) in [6.45, 7) is 5.05. The molecule has 2 rings (SSSR count).